The van der Waals surface area contributed by atoms with E-state index in [1.54, 1.807) is 12.1 Å². The lowest BCUT2D eigenvalue weighted by Gasteiger charge is -2.39. The summed E-state index contributed by atoms with van der Waals surface area (Å²) in [5.74, 6) is 0.601. The fraction of sp³-hybridized carbons (Fsp3) is 0.562. The second kappa shape index (κ2) is 5.72. The number of benzene rings is 1. The Morgan fingerprint density at radius 2 is 2.14 bits per heavy atom. The highest BCUT2D eigenvalue weighted by Crippen LogP contribution is 2.40. The van der Waals surface area contributed by atoms with Crippen LogP contribution in [0.1, 0.15) is 45.6 Å². The van der Waals surface area contributed by atoms with Crippen LogP contribution in [0.3, 0.4) is 0 Å². The molecule has 0 aromatic heterocycles. The smallest absolute Gasteiger partial charge is 0.293 e. The van der Waals surface area contributed by atoms with Gasteiger partial charge in [0.2, 0.25) is 0 Å². The van der Waals surface area contributed by atoms with Gasteiger partial charge in [0.15, 0.2) is 0 Å². The summed E-state index contributed by atoms with van der Waals surface area (Å²) in [4.78, 5) is 10.7. The molecule has 0 aliphatic heterocycles. The van der Waals surface area contributed by atoms with E-state index < -0.39 is 4.92 Å². The SMILES string of the molecule is C[C@@H]1C[C@H](Nc2ccc(C#N)cc2[N+](=O)[O-])CC(C)(C)C1. The van der Waals surface area contributed by atoms with E-state index in [2.05, 4.69) is 26.1 Å². The van der Waals surface area contributed by atoms with E-state index in [1.165, 1.54) is 12.5 Å². The molecule has 1 saturated carbocycles. The molecule has 1 aliphatic rings. The molecule has 2 rings (SSSR count). The number of nitro groups is 1. The molecule has 0 spiro atoms. The van der Waals surface area contributed by atoms with E-state index in [4.69, 9.17) is 5.26 Å². The van der Waals surface area contributed by atoms with Gasteiger partial charge in [-0.15, -0.1) is 0 Å². The van der Waals surface area contributed by atoms with Gasteiger partial charge in [-0.3, -0.25) is 10.1 Å². The molecular weight excluding hydrogens is 266 g/mol. The third kappa shape index (κ3) is 3.72. The van der Waals surface area contributed by atoms with Crippen molar-refractivity contribution in [3.05, 3.63) is 33.9 Å². The molecule has 0 bridgehead atoms. The summed E-state index contributed by atoms with van der Waals surface area (Å²) >= 11 is 0. The fourth-order valence-electron chi connectivity index (χ4n) is 3.55. The van der Waals surface area contributed by atoms with Gasteiger partial charge < -0.3 is 5.32 Å². The van der Waals surface area contributed by atoms with Crippen molar-refractivity contribution in [1.29, 1.82) is 5.26 Å². The zero-order chi connectivity index (χ0) is 15.6. The number of nitrogens with one attached hydrogen (secondary N) is 1. The number of hydrogen-bond acceptors (Lipinski definition) is 4. The first-order chi connectivity index (χ1) is 9.80. The number of nitrogens with zero attached hydrogens (tertiary/aromatic N) is 2. The van der Waals surface area contributed by atoms with Gasteiger partial charge in [-0.05, 0) is 42.7 Å². The molecule has 0 saturated heterocycles. The van der Waals surface area contributed by atoms with E-state index in [0.717, 1.165) is 12.8 Å². The van der Waals surface area contributed by atoms with Crippen LogP contribution in [0.5, 0.6) is 0 Å². The Labute approximate surface area is 125 Å². The lowest BCUT2D eigenvalue weighted by Crippen LogP contribution is -2.35. The molecule has 1 aromatic carbocycles. The zero-order valence-corrected chi connectivity index (χ0v) is 12.7. The van der Waals surface area contributed by atoms with E-state index >= 15 is 0 Å². The molecule has 1 aliphatic carbocycles. The third-order valence-electron chi connectivity index (χ3n) is 4.07. The molecule has 5 heteroatoms. The van der Waals surface area contributed by atoms with E-state index in [9.17, 15) is 10.1 Å². The van der Waals surface area contributed by atoms with Crippen molar-refractivity contribution >= 4 is 11.4 Å². The van der Waals surface area contributed by atoms with E-state index in [-0.39, 0.29) is 17.1 Å². The summed E-state index contributed by atoms with van der Waals surface area (Å²) in [6.45, 7) is 6.71. The van der Waals surface area contributed by atoms with Gasteiger partial charge in [0, 0.05) is 12.1 Å². The topological polar surface area (TPSA) is 79.0 Å². The summed E-state index contributed by atoms with van der Waals surface area (Å²) in [6, 6.07) is 6.77. The highest BCUT2D eigenvalue weighted by molar-refractivity contribution is 5.64. The van der Waals surface area contributed by atoms with Gasteiger partial charge in [0.1, 0.15) is 5.69 Å². The first-order valence-electron chi connectivity index (χ1n) is 7.26. The zero-order valence-electron chi connectivity index (χ0n) is 12.7. The number of hydrogen-bond donors (Lipinski definition) is 1. The first-order valence-corrected chi connectivity index (χ1v) is 7.26. The lowest BCUT2D eigenvalue weighted by molar-refractivity contribution is -0.384. The molecule has 2 atom stereocenters. The van der Waals surface area contributed by atoms with Crippen LogP contribution >= 0.6 is 0 Å². The molecule has 1 fully saturated rings. The predicted molar refractivity (Wildman–Crippen MR) is 82.0 cm³/mol. The van der Waals surface area contributed by atoms with Gasteiger partial charge >= 0.3 is 0 Å². The molecule has 21 heavy (non-hydrogen) atoms. The molecule has 0 heterocycles. The maximum atomic E-state index is 11.2. The predicted octanol–water partition coefficient (Wildman–Crippen LogP) is 4.09. The normalized spacial score (nSPS) is 24.1. The Balaban J connectivity index is 2.23. The van der Waals surface area contributed by atoms with Crippen LogP contribution in [0, 0.1) is 32.8 Å². The van der Waals surface area contributed by atoms with Gasteiger partial charge in [-0.25, -0.2) is 0 Å². The Kier molecular flexibility index (Phi) is 4.17. The average molecular weight is 287 g/mol. The van der Waals surface area contributed by atoms with Crippen LogP contribution in [0.25, 0.3) is 0 Å². The lowest BCUT2D eigenvalue weighted by atomic mass is 9.70. The highest BCUT2D eigenvalue weighted by atomic mass is 16.6. The Morgan fingerprint density at radius 3 is 2.71 bits per heavy atom. The van der Waals surface area contributed by atoms with Gasteiger partial charge in [0.05, 0.1) is 16.6 Å². The van der Waals surface area contributed by atoms with Crippen molar-refractivity contribution < 1.29 is 4.92 Å². The molecule has 0 radical (unpaired) electrons. The van der Waals surface area contributed by atoms with Crippen LogP contribution in [-0.4, -0.2) is 11.0 Å². The van der Waals surface area contributed by atoms with Crippen molar-refractivity contribution in [1.82, 2.24) is 0 Å². The fourth-order valence-corrected chi connectivity index (χ4v) is 3.55. The standard InChI is InChI=1S/C16H21N3O2/c1-11-6-13(9-16(2,3)8-11)18-14-5-4-12(10-17)7-15(14)19(20)21/h4-5,7,11,13,18H,6,8-9H2,1-3H3/t11-,13+/m1/s1. The van der Waals surface area contributed by atoms with Crippen molar-refractivity contribution in [2.45, 2.75) is 46.1 Å². The quantitative estimate of drug-likeness (QED) is 0.670. The Morgan fingerprint density at radius 1 is 1.43 bits per heavy atom. The van der Waals surface area contributed by atoms with Crippen molar-refractivity contribution in [2.75, 3.05) is 5.32 Å². The Bertz CT molecular complexity index is 590. The number of nitriles is 1. The highest BCUT2D eigenvalue weighted by Gasteiger charge is 2.32. The summed E-state index contributed by atoms with van der Waals surface area (Å²) in [6.07, 6.45) is 3.19. The largest absolute Gasteiger partial charge is 0.377 e. The third-order valence-corrected chi connectivity index (χ3v) is 4.07. The molecule has 1 aromatic rings. The molecule has 0 amide bonds. The van der Waals surface area contributed by atoms with Gasteiger partial charge in [-0.2, -0.15) is 5.26 Å². The van der Waals surface area contributed by atoms with Crippen LogP contribution in [-0.2, 0) is 0 Å². The second-order valence-corrected chi connectivity index (χ2v) is 6.86. The Hall–Kier alpha value is -2.09. The maximum Gasteiger partial charge on any atom is 0.293 e. The molecule has 1 N–H and O–H groups in total. The van der Waals surface area contributed by atoms with Crippen LogP contribution in [0.2, 0.25) is 0 Å². The summed E-state index contributed by atoms with van der Waals surface area (Å²) in [5, 5.41) is 23.4. The monoisotopic (exact) mass is 287 g/mol. The summed E-state index contributed by atoms with van der Waals surface area (Å²) < 4.78 is 0. The molecular formula is C16H21N3O2. The summed E-state index contributed by atoms with van der Waals surface area (Å²) in [5.41, 5.74) is 1.04. The maximum absolute atomic E-state index is 11.2. The molecule has 0 unspecified atom stereocenters. The average Bonchev–Trinajstić information content (AvgIpc) is 2.36. The van der Waals surface area contributed by atoms with Gasteiger partial charge in [0.25, 0.3) is 5.69 Å². The van der Waals surface area contributed by atoms with Crippen LogP contribution < -0.4 is 5.32 Å². The minimum absolute atomic E-state index is 0.0231. The van der Waals surface area contributed by atoms with Crippen molar-refractivity contribution in [3.8, 4) is 6.07 Å². The second-order valence-electron chi connectivity index (χ2n) is 6.86. The molecule has 112 valence electrons. The van der Waals surface area contributed by atoms with Crippen molar-refractivity contribution in [2.24, 2.45) is 11.3 Å². The van der Waals surface area contributed by atoms with E-state index in [0.29, 0.717) is 17.2 Å². The number of anilines is 1. The van der Waals surface area contributed by atoms with Gasteiger partial charge in [-0.1, -0.05) is 20.8 Å². The van der Waals surface area contributed by atoms with E-state index in [1.807, 2.05) is 6.07 Å². The number of rotatable bonds is 3. The molecule has 5 nitrogen and oxygen atoms in total. The summed E-state index contributed by atoms with van der Waals surface area (Å²) in [7, 11) is 0. The van der Waals surface area contributed by atoms with Crippen LogP contribution in [0.4, 0.5) is 11.4 Å². The minimum Gasteiger partial charge on any atom is -0.377 e. The van der Waals surface area contributed by atoms with Crippen molar-refractivity contribution in [3.63, 3.8) is 0 Å². The van der Waals surface area contributed by atoms with Crippen LogP contribution in [0.15, 0.2) is 18.2 Å². The first kappa shape index (κ1) is 15.3. The minimum atomic E-state index is -0.430. The number of nitro benzene ring substituents is 1.